The molecule has 1 aliphatic carbocycles. The number of hydrogen-bond donors (Lipinski definition) is 2. The summed E-state index contributed by atoms with van der Waals surface area (Å²) in [6.45, 7) is 5.88. The second-order valence-corrected chi connectivity index (χ2v) is 18.1. The molecular weight excluding hydrogens is 795 g/mol. The fourth-order valence-corrected chi connectivity index (χ4v) is 11.2. The normalized spacial score (nSPS) is 27.8. The zero-order valence-corrected chi connectivity index (χ0v) is 34.0. The van der Waals surface area contributed by atoms with Crippen LogP contribution in [0.15, 0.2) is 59.2 Å². The highest BCUT2D eigenvalue weighted by Crippen LogP contribution is 2.50. The van der Waals surface area contributed by atoms with Gasteiger partial charge in [0.05, 0.1) is 23.9 Å². The molecule has 1 aromatic heterocycles. The van der Waals surface area contributed by atoms with E-state index in [4.69, 9.17) is 0 Å². The Morgan fingerprint density at radius 1 is 0.984 bits per heavy atom. The first kappa shape index (κ1) is 39.8. The molecule has 6 aliphatic heterocycles. The molecule has 12 nitrogen and oxygen atoms in total. The number of carbonyl (C=O) groups is 5. The lowest BCUT2D eigenvalue weighted by atomic mass is 9.73. The molecule has 16 heteroatoms. The number of aromatic nitrogens is 1. The van der Waals surface area contributed by atoms with Gasteiger partial charge in [0, 0.05) is 91.2 Å². The van der Waals surface area contributed by atoms with Gasteiger partial charge in [-0.2, -0.15) is 0 Å². The number of anilines is 1. The maximum Gasteiger partial charge on any atom is 0.258 e. The number of nitrogens with one attached hydrogen (secondary N) is 2. The molecule has 61 heavy (non-hydrogen) atoms. The average molecular weight is 842 g/mol. The molecule has 4 fully saturated rings. The van der Waals surface area contributed by atoms with Gasteiger partial charge in [-0.3, -0.25) is 44.0 Å². The molecule has 7 heterocycles. The minimum absolute atomic E-state index is 0.0182. The Labute approximate surface area is 349 Å². The number of para-hydroxylation sites is 1. The average Bonchev–Trinajstić information content (AvgIpc) is 3.84. The summed E-state index contributed by atoms with van der Waals surface area (Å²) >= 11 is 0. The first-order chi connectivity index (χ1) is 29.2. The minimum Gasteiger partial charge on any atom is -0.371 e. The maximum absolute atomic E-state index is 16.3. The van der Waals surface area contributed by atoms with Gasteiger partial charge < -0.3 is 14.8 Å². The number of amides is 5. The summed E-state index contributed by atoms with van der Waals surface area (Å²) in [5.74, 6) is -3.79. The zero-order valence-electron chi connectivity index (χ0n) is 34.0. The maximum atomic E-state index is 16.3. The van der Waals surface area contributed by atoms with Crippen molar-refractivity contribution in [2.75, 3.05) is 50.7 Å². The third-order valence-corrected chi connectivity index (χ3v) is 14.5. The molecule has 0 spiro atoms. The molecule has 2 aromatic carbocycles. The van der Waals surface area contributed by atoms with Crippen molar-refractivity contribution in [3.8, 4) is 0 Å². The Balaban J connectivity index is 0.762. The molecule has 3 aromatic rings. The fourth-order valence-electron chi connectivity index (χ4n) is 11.2. The molecule has 0 bridgehead atoms. The van der Waals surface area contributed by atoms with Crippen LogP contribution in [-0.2, 0) is 30.4 Å². The van der Waals surface area contributed by atoms with E-state index >= 15 is 8.78 Å². The largest absolute Gasteiger partial charge is 0.371 e. The van der Waals surface area contributed by atoms with Gasteiger partial charge in [-0.05, 0) is 86.9 Å². The quantitative estimate of drug-likeness (QED) is 0.261. The lowest BCUT2D eigenvalue weighted by molar-refractivity contribution is -0.152. The van der Waals surface area contributed by atoms with Crippen LogP contribution in [0.2, 0.25) is 0 Å². The van der Waals surface area contributed by atoms with Crippen molar-refractivity contribution in [3.63, 3.8) is 0 Å². The highest BCUT2D eigenvalue weighted by atomic mass is 19.3. The third kappa shape index (κ3) is 6.42. The van der Waals surface area contributed by atoms with E-state index in [-0.39, 0.29) is 48.7 Å². The van der Waals surface area contributed by atoms with E-state index in [0.29, 0.717) is 62.6 Å². The number of halogens is 4. The number of carbonyl (C=O) groups excluding carboxylic acids is 5. The van der Waals surface area contributed by atoms with Crippen LogP contribution in [-0.4, -0.2) is 124 Å². The van der Waals surface area contributed by atoms with Crippen LogP contribution in [0.1, 0.15) is 68.8 Å². The third-order valence-electron chi connectivity index (χ3n) is 14.5. The zero-order chi connectivity index (χ0) is 42.6. The van der Waals surface area contributed by atoms with Gasteiger partial charge in [0.25, 0.3) is 12.3 Å². The number of likely N-dealkylation sites (tertiary alicyclic amines) is 2. The van der Waals surface area contributed by atoms with Crippen molar-refractivity contribution in [1.82, 2.24) is 29.9 Å². The van der Waals surface area contributed by atoms with Crippen molar-refractivity contribution in [1.29, 1.82) is 0 Å². The molecule has 10 rings (SSSR count). The number of imide groups is 2. The summed E-state index contributed by atoms with van der Waals surface area (Å²) in [7, 11) is 0. The standard InChI is InChI=1S/C45H47F4N7O5/c1-23-13-30-29-5-3-4-6-34(29)50-39(30)40(55(23)22-36(48)49)38-32(46)15-28(16-33(38)47)52-11-9-27(10-12-52)53-20-26(21-53)42(59)54-18-24-14-31-43(60)56(35-7-8-37(57)51-41(35)58)44(61)45(31,2)17-25(24)19-54/h3-6,14-16,23,26-27,35-36,40,50H,7-13,17-22H2,1-2H3,(H,51,57,58)/t23-,35?,40-,45?/m1/s1. The Bertz CT molecular complexity index is 2450. The van der Waals surface area contributed by atoms with E-state index in [9.17, 15) is 32.8 Å². The number of H-pyrrole nitrogens is 1. The molecular formula is C45H47F4N7O5. The lowest BCUT2D eigenvalue weighted by Crippen LogP contribution is -2.59. The number of piperidine rings is 2. The van der Waals surface area contributed by atoms with Crippen molar-refractivity contribution in [2.24, 2.45) is 11.3 Å². The predicted molar refractivity (Wildman–Crippen MR) is 215 cm³/mol. The Kier molecular flexibility index (Phi) is 9.54. The van der Waals surface area contributed by atoms with Crippen LogP contribution >= 0.6 is 0 Å². The predicted octanol–water partition coefficient (Wildman–Crippen LogP) is 4.60. The van der Waals surface area contributed by atoms with Crippen molar-refractivity contribution < 1.29 is 41.5 Å². The van der Waals surface area contributed by atoms with Gasteiger partial charge in [-0.1, -0.05) is 18.2 Å². The van der Waals surface area contributed by atoms with Crippen LogP contribution in [0.4, 0.5) is 23.2 Å². The van der Waals surface area contributed by atoms with E-state index in [1.54, 1.807) is 17.9 Å². The monoisotopic (exact) mass is 841 g/mol. The Morgan fingerprint density at radius 2 is 1.70 bits per heavy atom. The second-order valence-electron chi connectivity index (χ2n) is 18.1. The number of benzene rings is 2. The van der Waals surface area contributed by atoms with E-state index in [1.165, 1.54) is 17.0 Å². The van der Waals surface area contributed by atoms with Crippen LogP contribution in [0.5, 0.6) is 0 Å². The van der Waals surface area contributed by atoms with Crippen molar-refractivity contribution in [3.05, 3.63) is 87.6 Å². The fraction of sp³-hybridized carbons (Fsp3) is 0.489. The van der Waals surface area contributed by atoms with Crippen LogP contribution in [0.25, 0.3) is 10.9 Å². The van der Waals surface area contributed by atoms with Gasteiger partial charge in [0.15, 0.2) is 0 Å². The van der Waals surface area contributed by atoms with Crippen LogP contribution in [0.3, 0.4) is 0 Å². The number of rotatable bonds is 7. The van der Waals surface area contributed by atoms with Gasteiger partial charge in [0.2, 0.25) is 23.6 Å². The summed E-state index contributed by atoms with van der Waals surface area (Å²) in [6, 6.07) is 7.96. The molecule has 0 saturated carbocycles. The van der Waals surface area contributed by atoms with E-state index < -0.39 is 65.7 Å². The van der Waals surface area contributed by atoms with E-state index in [1.807, 2.05) is 36.1 Å². The van der Waals surface area contributed by atoms with E-state index in [2.05, 4.69) is 15.2 Å². The molecule has 7 aliphatic rings. The van der Waals surface area contributed by atoms with Crippen molar-refractivity contribution >= 4 is 46.1 Å². The molecule has 320 valence electrons. The molecule has 5 amide bonds. The molecule has 2 unspecified atom stereocenters. The highest BCUT2D eigenvalue weighted by molar-refractivity contribution is 6.20. The first-order valence-electron chi connectivity index (χ1n) is 21.2. The van der Waals surface area contributed by atoms with Crippen LogP contribution in [0, 0.1) is 23.0 Å². The summed E-state index contributed by atoms with van der Waals surface area (Å²) in [6.07, 6.45) is 1.40. The molecule has 4 atom stereocenters. The molecule has 0 radical (unpaired) electrons. The Morgan fingerprint density at radius 3 is 2.41 bits per heavy atom. The number of nitrogens with zero attached hydrogens (tertiary/aromatic N) is 5. The summed E-state index contributed by atoms with van der Waals surface area (Å²) in [4.78, 5) is 77.1. The smallest absolute Gasteiger partial charge is 0.258 e. The summed E-state index contributed by atoms with van der Waals surface area (Å²) < 4.78 is 60.4. The van der Waals surface area contributed by atoms with E-state index in [0.717, 1.165) is 45.4 Å². The highest BCUT2D eigenvalue weighted by Gasteiger charge is 2.58. The summed E-state index contributed by atoms with van der Waals surface area (Å²) in [5, 5.41) is 3.15. The topological polar surface area (TPSA) is 129 Å². The lowest BCUT2D eigenvalue weighted by Gasteiger charge is -2.47. The minimum atomic E-state index is -2.68. The van der Waals surface area contributed by atoms with Crippen molar-refractivity contribution in [2.45, 2.75) is 83.0 Å². The first-order valence-corrected chi connectivity index (χ1v) is 21.2. The second kappa shape index (κ2) is 14.6. The number of aromatic amines is 1. The van der Waals surface area contributed by atoms with Gasteiger partial charge in [-0.25, -0.2) is 17.6 Å². The number of fused-ring (bicyclic) bond motifs is 4. The Hall–Kier alpha value is -5.35. The SMILES string of the molecule is C[C@@H]1Cc2c([nH]c3ccccc23)[C@@H](c2c(F)cc(N3CCC(N4CC(C(=O)N5CC6=C(C5)CC5(C)C(=O)N(C7CCC(=O)NC7=O)C(=O)C5=C6)C4)CC3)cc2F)N1CC(F)F. The number of hydrogen-bond acceptors (Lipinski definition) is 8. The molecule has 4 saturated heterocycles. The van der Waals surface area contributed by atoms with Gasteiger partial charge in [0.1, 0.15) is 17.7 Å². The number of alkyl halides is 2. The van der Waals surface area contributed by atoms with Gasteiger partial charge in [-0.15, -0.1) is 0 Å². The van der Waals surface area contributed by atoms with Gasteiger partial charge >= 0.3 is 0 Å². The summed E-state index contributed by atoms with van der Waals surface area (Å²) in [5.41, 5.74) is 3.33. The molecule has 2 N–H and O–H groups in total. The van der Waals surface area contributed by atoms with Crippen LogP contribution < -0.4 is 10.2 Å².